The molecule has 0 amide bonds. The molecule has 2 N–H and O–H groups in total. The normalized spacial score (nSPS) is 10.3. The number of ether oxygens (including phenoxy) is 1. The third kappa shape index (κ3) is 2.03. The second-order valence-electron chi connectivity index (χ2n) is 3.43. The largest absolute Gasteiger partial charge is 0.494 e. The van der Waals surface area contributed by atoms with Gasteiger partial charge in [0.1, 0.15) is 12.5 Å². The van der Waals surface area contributed by atoms with E-state index in [2.05, 4.69) is 5.32 Å². The number of methoxy groups -OCH3 is 1. The Morgan fingerprint density at radius 1 is 1.20 bits per heavy atom. The molecule has 0 heterocycles. The monoisotopic (exact) mass is 229 g/mol. The van der Waals surface area contributed by atoms with Crippen LogP contribution < -0.4 is 10.1 Å². The predicted octanol–water partition coefficient (Wildman–Crippen LogP) is 2.64. The first kappa shape index (κ1) is 12.1. The van der Waals surface area contributed by atoms with Gasteiger partial charge in [0, 0.05) is 5.02 Å². The van der Waals surface area contributed by atoms with Gasteiger partial charge >= 0.3 is 0 Å². The van der Waals surface area contributed by atoms with Crippen LogP contribution in [0.15, 0.2) is 0 Å². The highest BCUT2D eigenvalue weighted by Gasteiger charge is 2.16. The fourth-order valence-electron chi connectivity index (χ4n) is 1.63. The molecule has 0 aliphatic rings. The van der Waals surface area contributed by atoms with Crippen molar-refractivity contribution in [3.8, 4) is 5.75 Å². The van der Waals surface area contributed by atoms with Gasteiger partial charge in [-0.2, -0.15) is 0 Å². The van der Waals surface area contributed by atoms with Crippen molar-refractivity contribution >= 4 is 17.3 Å². The molecule has 84 valence electrons. The van der Waals surface area contributed by atoms with Gasteiger partial charge in [-0.25, -0.2) is 0 Å². The van der Waals surface area contributed by atoms with Crippen molar-refractivity contribution in [1.29, 1.82) is 0 Å². The fraction of sp³-hybridized carbons (Fsp3) is 0.455. The Hall–Kier alpha value is -0.930. The molecule has 1 rings (SSSR count). The van der Waals surface area contributed by atoms with E-state index >= 15 is 0 Å². The maximum absolute atomic E-state index is 8.91. The first-order valence-electron chi connectivity index (χ1n) is 4.72. The minimum atomic E-state index is -0.143. The Balaban J connectivity index is 3.47. The molecule has 3 nitrogen and oxygen atoms in total. The molecule has 0 aliphatic carbocycles. The lowest BCUT2D eigenvalue weighted by molar-refractivity contribution is 0.324. The lowest BCUT2D eigenvalue weighted by Gasteiger charge is -2.18. The van der Waals surface area contributed by atoms with Gasteiger partial charge in [-0.3, -0.25) is 0 Å². The van der Waals surface area contributed by atoms with Gasteiger partial charge in [-0.05, 0) is 37.5 Å². The van der Waals surface area contributed by atoms with E-state index in [-0.39, 0.29) is 6.73 Å². The van der Waals surface area contributed by atoms with Crippen LogP contribution in [0.1, 0.15) is 16.7 Å². The van der Waals surface area contributed by atoms with E-state index in [1.54, 1.807) is 7.11 Å². The van der Waals surface area contributed by atoms with E-state index in [0.29, 0.717) is 5.02 Å². The van der Waals surface area contributed by atoms with Crippen molar-refractivity contribution in [1.82, 2.24) is 0 Å². The number of hydrogen-bond acceptors (Lipinski definition) is 3. The molecule has 0 bridgehead atoms. The summed E-state index contributed by atoms with van der Waals surface area (Å²) in [4.78, 5) is 0. The first-order valence-corrected chi connectivity index (χ1v) is 5.10. The average Bonchev–Trinajstić information content (AvgIpc) is 2.24. The summed E-state index contributed by atoms with van der Waals surface area (Å²) < 4.78 is 5.31. The molecule has 0 aromatic heterocycles. The topological polar surface area (TPSA) is 41.5 Å². The maximum Gasteiger partial charge on any atom is 0.145 e. The molecule has 15 heavy (non-hydrogen) atoms. The number of aliphatic hydroxyl groups excluding tert-OH is 1. The lowest BCUT2D eigenvalue weighted by Crippen LogP contribution is -2.06. The minimum absolute atomic E-state index is 0.143. The second kappa shape index (κ2) is 4.73. The summed E-state index contributed by atoms with van der Waals surface area (Å²) in [6.45, 7) is 5.66. The molecule has 0 saturated heterocycles. The molecule has 0 aliphatic heterocycles. The molecule has 1 aromatic carbocycles. The third-order valence-corrected chi connectivity index (χ3v) is 3.19. The lowest BCUT2D eigenvalue weighted by atomic mass is 10.0. The van der Waals surface area contributed by atoms with E-state index in [1.165, 1.54) is 0 Å². The number of benzene rings is 1. The number of hydrogen-bond donors (Lipinski definition) is 2. The van der Waals surface area contributed by atoms with E-state index in [0.717, 1.165) is 28.1 Å². The summed E-state index contributed by atoms with van der Waals surface area (Å²) in [7, 11) is 1.61. The number of anilines is 1. The summed E-state index contributed by atoms with van der Waals surface area (Å²) in [6, 6.07) is 0. The SMILES string of the molecule is COc1c(C)c(C)c(Cl)c(C)c1NCO. The molecular formula is C11H16ClNO2. The molecule has 0 fully saturated rings. The van der Waals surface area contributed by atoms with E-state index in [1.807, 2.05) is 20.8 Å². The van der Waals surface area contributed by atoms with Crippen LogP contribution in [0.5, 0.6) is 5.75 Å². The Kier molecular flexibility index (Phi) is 3.83. The van der Waals surface area contributed by atoms with Gasteiger partial charge in [-0.15, -0.1) is 0 Å². The molecule has 0 unspecified atom stereocenters. The quantitative estimate of drug-likeness (QED) is 0.783. The molecule has 0 spiro atoms. The van der Waals surface area contributed by atoms with E-state index in [4.69, 9.17) is 21.4 Å². The fourth-order valence-corrected chi connectivity index (χ4v) is 1.87. The Morgan fingerprint density at radius 3 is 2.27 bits per heavy atom. The van der Waals surface area contributed by atoms with E-state index < -0.39 is 0 Å². The van der Waals surface area contributed by atoms with Crippen LogP contribution >= 0.6 is 11.6 Å². The van der Waals surface area contributed by atoms with Crippen molar-refractivity contribution in [2.24, 2.45) is 0 Å². The highest BCUT2D eigenvalue weighted by molar-refractivity contribution is 6.32. The Labute approximate surface area is 95.0 Å². The van der Waals surface area contributed by atoms with Crippen molar-refractivity contribution in [2.75, 3.05) is 19.2 Å². The maximum atomic E-state index is 8.91. The van der Waals surface area contributed by atoms with Crippen LogP contribution in [0, 0.1) is 20.8 Å². The van der Waals surface area contributed by atoms with Gasteiger partial charge in [0.15, 0.2) is 0 Å². The summed E-state index contributed by atoms with van der Waals surface area (Å²) in [6.07, 6.45) is 0. The van der Waals surface area contributed by atoms with E-state index in [9.17, 15) is 0 Å². The molecule has 4 heteroatoms. The Morgan fingerprint density at radius 2 is 1.80 bits per heavy atom. The molecule has 0 saturated carbocycles. The summed E-state index contributed by atoms with van der Waals surface area (Å²) >= 11 is 6.18. The first-order chi connectivity index (χ1) is 7.04. The van der Waals surface area contributed by atoms with Crippen molar-refractivity contribution in [3.63, 3.8) is 0 Å². The van der Waals surface area contributed by atoms with Gasteiger partial charge in [0.25, 0.3) is 0 Å². The van der Waals surface area contributed by atoms with Gasteiger partial charge < -0.3 is 15.2 Å². The summed E-state index contributed by atoms with van der Waals surface area (Å²) in [5.41, 5.74) is 3.65. The standard InChI is InChI=1S/C11H16ClNO2/c1-6-7(2)11(15-4)10(13-5-14)8(3)9(6)12/h13-14H,5H2,1-4H3. The molecule has 0 atom stereocenters. The van der Waals surface area contributed by atoms with Crippen LogP contribution in [-0.2, 0) is 0 Å². The van der Waals surface area contributed by atoms with Crippen LogP contribution in [0.25, 0.3) is 0 Å². The van der Waals surface area contributed by atoms with Gasteiger partial charge in [-0.1, -0.05) is 11.6 Å². The number of rotatable bonds is 3. The average molecular weight is 230 g/mol. The number of halogens is 1. The van der Waals surface area contributed by atoms with Crippen LogP contribution in [0.4, 0.5) is 5.69 Å². The van der Waals surface area contributed by atoms with Crippen LogP contribution in [0.3, 0.4) is 0 Å². The summed E-state index contributed by atoms with van der Waals surface area (Å²) in [5, 5.41) is 12.5. The zero-order valence-electron chi connectivity index (χ0n) is 9.44. The highest BCUT2D eigenvalue weighted by atomic mass is 35.5. The van der Waals surface area contributed by atoms with Gasteiger partial charge in [0.2, 0.25) is 0 Å². The predicted molar refractivity (Wildman–Crippen MR) is 62.9 cm³/mol. The second-order valence-corrected chi connectivity index (χ2v) is 3.81. The van der Waals surface area contributed by atoms with Crippen molar-refractivity contribution < 1.29 is 9.84 Å². The highest BCUT2D eigenvalue weighted by Crippen LogP contribution is 2.39. The smallest absolute Gasteiger partial charge is 0.145 e. The molecule has 0 radical (unpaired) electrons. The molecular weight excluding hydrogens is 214 g/mol. The van der Waals surface area contributed by atoms with Crippen molar-refractivity contribution in [3.05, 3.63) is 21.7 Å². The van der Waals surface area contributed by atoms with Crippen LogP contribution in [-0.4, -0.2) is 18.9 Å². The number of aliphatic hydroxyl groups is 1. The molecule has 1 aromatic rings. The third-order valence-electron chi connectivity index (χ3n) is 2.62. The van der Waals surface area contributed by atoms with Crippen molar-refractivity contribution in [2.45, 2.75) is 20.8 Å². The zero-order valence-corrected chi connectivity index (χ0v) is 10.2. The minimum Gasteiger partial charge on any atom is -0.494 e. The zero-order chi connectivity index (χ0) is 11.6. The van der Waals surface area contributed by atoms with Crippen LogP contribution in [0.2, 0.25) is 5.02 Å². The summed E-state index contributed by atoms with van der Waals surface area (Å²) in [5.74, 6) is 0.739. The van der Waals surface area contributed by atoms with Gasteiger partial charge in [0.05, 0.1) is 12.8 Å². The number of nitrogens with one attached hydrogen (secondary N) is 1. The Bertz CT molecular complexity index is 378.